The van der Waals surface area contributed by atoms with E-state index in [2.05, 4.69) is 0 Å². The van der Waals surface area contributed by atoms with Gasteiger partial charge in [-0.25, -0.2) is 0 Å². The minimum atomic E-state index is -1.21. The van der Waals surface area contributed by atoms with Crippen LogP contribution in [0.4, 0.5) is 0 Å². The molecule has 0 heterocycles. The number of ketones is 2. The highest BCUT2D eigenvalue weighted by Gasteiger charge is 2.27. The number of halogens is 2. The molecule has 2 nitrogen and oxygen atoms in total. The quantitative estimate of drug-likeness (QED) is 0.646. The number of rotatable bonds is 4. The standard InChI is InChI=1S/C7H10Cl2O2/c1-5(10)3-7(8,9)4-6(2)11/h3-4H2,1-2H3. The zero-order valence-electron chi connectivity index (χ0n) is 6.49. The number of carbonyl (C=O) groups excluding carboxylic acids is 2. The van der Waals surface area contributed by atoms with Crippen molar-refractivity contribution in [1.29, 1.82) is 0 Å². The molecule has 0 atom stereocenters. The maximum Gasteiger partial charge on any atom is 0.132 e. The Hall–Kier alpha value is -0.0800. The van der Waals surface area contributed by atoms with Crippen LogP contribution in [-0.2, 0) is 9.59 Å². The van der Waals surface area contributed by atoms with Crippen LogP contribution in [0.2, 0.25) is 0 Å². The van der Waals surface area contributed by atoms with E-state index in [1.54, 1.807) is 0 Å². The van der Waals surface area contributed by atoms with E-state index < -0.39 is 4.33 Å². The summed E-state index contributed by atoms with van der Waals surface area (Å²) >= 11 is 11.3. The maximum absolute atomic E-state index is 10.6. The van der Waals surface area contributed by atoms with E-state index >= 15 is 0 Å². The van der Waals surface area contributed by atoms with Crippen molar-refractivity contribution in [2.24, 2.45) is 0 Å². The van der Waals surface area contributed by atoms with Gasteiger partial charge in [0, 0.05) is 12.8 Å². The van der Waals surface area contributed by atoms with Crippen molar-refractivity contribution in [2.45, 2.75) is 31.0 Å². The molecule has 0 saturated carbocycles. The van der Waals surface area contributed by atoms with Gasteiger partial charge in [0.05, 0.1) is 0 Å². The summed E-state index contributed by atoms with van der Waals surface area (Å²) in [5, 5.41) is 0. The molecule has 0 radical (unpaired) electrons. The molecule has 0 aliphatic rings. The molecule has 0 unspecified atom stereocenters. The van der Waals surface area contributed by atoms with E-state index in [0.29, 0.717) is 0 Å². The number of alkyl halides is 2. The first-order valence-electron chi connectivity index (χ1n) is 3.20. The van der Waals surface area contributed by atoms with Crippen molar-refractivity contribution in [3.63, 3.8) is 0 Å². The molecular formula is C7H10Cl2O2. The summed E-state index contributed by atoms with van der Waals surface area (Å²) in [7, 11) is 0. The van der Waals surface area contributed by atoms with Crippen LogP contribution in [0, 0.1) is 0 Å². The molecule has 0 aromatic rings. The topological polar surface area (TPSA) is 34.1 Å². The molecule has 0 aliphatic heterocycles. The van der Waals surface area contributed by atoms with Gasteiger partial charge in [-0.2, -0.15) is 0 Å². The smallest absolute Gasteiger partial charge is 0.132 e. The summed E-state index contributed by atoms with van der Waals surface area (Å²) in [5.41, 5.74) is 0. The van der Waals surface area contributed by atoms with Gasteiger partial charge in [0.1, 0.15) is 15.9 Å². The average Bonchev–Trinajstić information content (AvgIpc) is 1.53. The van der Waals surface area contributed by atoms with Gasteiger partial charge < -0.3 is 0 Å². The SMILES string of the molecule is CC(=O)CC(Cl)(Cl)CC(C)=O. The van der Waals surface area contributed by atoms with Crippen molar-refractivity contribution >= 4 is 34.8 Å². The van der Waals surface area contributed by atoms with Crippen molar-refractivity contribution in [1.82, 2.24) is 0 Å². The van der Waals surface area contributed by atoms with Crippen LogP contribution < -0.4 is 0 Å². The second kappa shape index (κ2) is 4.07. The molecule has 0 amide bonds. The third kappa shape index (κ3) is 6.32. The predicted molar refractivity (Wildman–Crippen MR) is 45.0 cm³/mol. The normalized spacial score (nSPS) is 11.3. The van der Waals surface area contributed by atoms with Crippen LogP contribution in [0.1, 0.15) is 26.7 Å². The summed E-state index contributed by atoms with van der Waals surface area (Å²) in [4.78, 5) is 21.1. The second-order valence-electron chi connectivity index (χ2n) is 2.61. The van der Waals surface area contributed by atoms with Crippen LogP contribution >= 0.6 is 23.2 Å². The Kier molecular flexibility index (Phi) is 4.04. The molecule has 0 aromatic heterocycles. The monoisotopic (exact) mass is 196 g/mol. The molecule has 0 fully saturated rings. The van der Waals surface area contributed by atoms with Crippen LogP contribution in [0.25, 0.3) is 0 Å². The van der Waals surface area contributed by atoms with Crippen LogP contribution in [0.15, 0.2) is 0 Å². The van der Waals surface area contributed by atoms with Gasteiger partial charge in [-0.3, -0.25) is 9.59 Å². The zero-order valence-corrected chi connectivity index (χ0v) is 8.00. The number of carbonyl (C=O) groups is 2. The van der Waals surface area contributed by atoms with Gasteiger partial charge in [-0.1, -0.05) is 0 Å². The van der Waals surface area contributed by atoms with Crippen molar-refractivity contribution in [3.8, 4) is 0 Å². The Bertz CT molecular complexity index is 157. The fourth-order valence-electron chi connectivity index (χ4n) is 0.791. The number of hydrogen-bond donors (Lipinski definition) is 0. The first kappa shape index (κ1) is 10.9. The average molecular weight is 197 g/mol. The summed E-state index contributed by atoms with van der Waals surface area (Å²) in [6, 6.07) is 0. The van der Waals surface area contributed by atoms with Crippen LogP contribution in [-0.4, -0.2) is 15.9 Å². The van der Waals surface area contributed by atoms with E-state index in [9.17, 15) is 9.59 Å². The highest BCUT2D eigenvalue weighted by atomic mass is 35.5. The molecule has 0 saturated heterocycles. The highest BCUT2D eigenvalue weighted by molar-refractivity contribution is 6.50. The third-order valence-electron chi connectivity index (χ3n) is 1.02. The lowest BCUT2D eigenvalue weighted by molar-refractivity contribution is -0.118. The van der Waals surface area contributed by atoms with Crippen LogP contribution in [0.3, 0.4) is 0 Å². The Morgan fingerprint density at radius 2 is 1.36 bits per heavy atom. The lowest BCUT2D eigenvalue weighted by Crippen LogP contribution is -2.20. The molecule has 11 heavy (non-hydrogen) atoms. The van der Waals surface area contributed by atoms with Gasteiger partial charge >= 0.3 is 0 Å². The summed E-state index contributed by atoms with van der Waals surface area (Å²) < 4.78 is -1.21. The van der Waals surface area contributed by atoms with E-state index in [4.69, 9.17) is 23.2 Å². The van der Waals surface area contributed by atoms with Gasteiger partial charge in [0.25, 0.3) is 0 Å². The van der Waals surface area contributed by atoms with E-state index in [1.165, 1.54) is 13.8 Å². The molecule has 64 valence electrons. The number of Topliss-reactive ketones (excluding diaryl/α,β-unsaturated/α-hetero) is 2. The fourth-order valence-corrected chi connectivity index (χ4v) is 1.54. The predicted octanol–water partition coefficient (Wildman–Crippen LogP) is 2.12. The van der Waals surface area contributed by atoms with Gasteiger partial charge in [-0.15, -0.1) is 23.2 Å². The lowest BCUT2D eigenvalue weighted by Gasteiger charge is -2.15. The van der Waals surface area contributed by atoms with Crippen molar-refractivity contribution in [3.05, 3.63) is 0 Å². The Labute approximate surface area is 75.9 Å². The number of hydrogen-bond acceptors (Lipinski definition) is 2. The zero-order chi connectivity index (χ0) is 9.07. The second-order valence-corrected chi connectivity index (χ2v) is 4.25. The minimum absolute atomic E-state index is 0.0235. The van der Waals surface area contributed by atoms with E-state index in [1.807, 2.05) is 0 Å². The molecule has 0 rings (SSSR count). The summed E-state index contributed by atoms with van der Waals surface area (Å²) in [6.45, 7) is 2.78. The van der Waals surface area contributed by atoms with Gasteiger partial charge in [-0.05, 0) is 13.8 Å². The Balaban J connectivity index is 3.99. The maximum atomic E-state index is 10.6. The molecule has 0 aromatic carbocycles. The van der Waals surface area contributed by atoms with Crippen molar-refractivity contribution < 1.29 is 9.59 Å². The van der Waals surface area contributed by atoms with Crippen LogP contribution in [0.5, 0.6) is 0 Å². The van der Waals surface area contributed by atoms with E-state index in [0.717, 1.165) is 0 Å². The molecular weight excluding hydrogens is 187 g/mol. The molecule has 0 N–H and O–H groups in total. The summed E-state index contributed by atoms with van der Waals surface area (Å²) in [6.07, 6.45) is 0.0470. The fraction of sp³-hybridized carbons (Fsp3) is 0.714. The third-order valence-corrected chi connectivity index (χ3v) is 1.55. The highest BCUT2D eigenvalue weighted by Crippen LogP contribution is 2.29. The summed E-state index contributed by atoms with van der Waals surface area (Å²) in [5.74, 6) is -0.229. The molecule has 0 aliphatic carbocycles. The molecule has 0 bridgehead atoms. The van der Waals surface area contributed by atoms with E-state index in [-0.39, 0.29) is 24.4 Å². The molecule has 4 heteroatoms. The van der Waals surface area contributed by atoms with Gasteiger partial charge in [0.2, 0.25) is 0 Å². The first-order chi connectivity index (χ1) is 4.83. The largest absolute Gasteiger partial charge is 0.300 e. The first-order valence-corrected chi connectivity index (χ1v) is 3.96. The minimum Gasteiger partial charge on any atom is -0.300 e. The van der Waals surface area contributed by atoms with Gasteiger partial charge in [0.15, 0.2) is 0 Å². The molecule has 0 spiro atoms. The lowest BCUT2D eigenvalue weighted by atomic mass is 10.1. The van der Waals surface area contributed by atoms with Crippen molar-refractivity contribution in [2.75, 3.05) is 0 Å². The Morgan fingerprint density at radius 1 is 1.09 bits per heavy atom. The Morgan fingerprint density at radius 3 is 1.55 bits per heavy atom.